The first-order valence-corrected chi connectivity index (χ1v) is 9.12. The van der Waals surface area contributed by atoms with E-state index in [0.29, 0.717) is 29.5 Å². The van der Waals surface area contributed by atoms with Crippen molar-refractivity contribution in [2.24, 2.45) is 22.1 Å². The van der Waals surface area contributed by atoms with Gasteiger partial charge in [-0.05, 0) is 31.4 Å². The number of guanidine groups is 1. The highest BCUT2D eigenvalue weighted by Gasteiger charge is 2.65. The van der Waals surface area contributed by atoms with Crippen LogP contribution in [0.2, 0.25) is 0 Å². The standard InChI is InChI=1S/C19H27N3O3.HI/c1-23-14-6-5-12(11-15(14)24-2)21-18(20)22-16-13-7-10-25-17(13)19(16)8-3-4-9-19;/h5-6,11,13,16-17H,3-4,7-10H2,1-2H3,(H3,20,21,22);1H. The molecule has 1 heterocycles. The smallest absolute Gasteiger partial charge is 0.193 e. The van der Waals surface area contributed by atoms with Gasteiger partial charge in [-0.25, -0.2) is 4.99 Å². The van der Waals surface area contributed by atoms with Crippen molar-refractivity contribution in [1.82, 2.24) is 0 Å². The van der Waals surface area contributed by atoms with Crippen LogP contribution in [0.5, 0.6) is 11.5 Å². The minimum Gasteiger partial charge on any atom is -0.493 e. The highest BCUT2D eigenvalue weighted by Crippen LogP contribution is 2.62. The Morgan fingerprint density at radius 1 is 1.23 bits per heavy atom. The van der Waals surface area contributed by atoms with E-state index in [1.807, 2.05) is 18.2 Å². The van der Waals surface area contributed by atoms with Crippen LogP contribution in [0.3, 0.4) is 0 Å². The average molecular weight is 473 g/mol. The van der Waals surface area contributed by atoms with E-state index in [0.717, 1.165) is 18.7 Å². The molecule has 144 valence electrons. The number of hydrogen-bond acceptors (Lipinski definition) is 4. The number of ether oxygens (including phenoxy) is 3. The molecule has 26 heavy (non-hydrogen) atoms. The molecule has 2 saturated carbocycles. The first kappa shape index (κ1) is 19.5. The Balaban J connectivity index is 0.00000196. The molecule has 6 nitrogen and oxygen atoms in total. The summed E-state index contributed by atoms with van der Waals surface area (Å²) in [5.74, 6) is 2.36. The molecule has 0 aromatic heterocycles. The van der Waals surface area contributed by atoms with Crippen LogP contribution >= 0.6 is 24.0 Å². The molecular weight excluding hydrogens is 445 g/mol. The maximum Gasteiger partial charge on any atom is 0.193 e. The van der Waals surface area contributed by atoms with E-state index in [4.69, 9.17) is 24.9 Å². The maximum atomic E-state index is 6.24. The van der Waals surface area contributed by atoms with Gasteiger partial charge < -0.3 is 25.3 Å². The Kier molecular flexibility index (Phi) is 5.86. The third-order valence-corrected chi connectivity index (χ3v) is 6.17. The van der Waals surface area contributed by atoms with E-state index in [9.17, 15) is 0 Å². The molecule has 1 spiro atoms. The van der Waals surface area contributed by atoms with Gasteiger partial charge >= 0.3 is 0 Å². The lowest BCUT2D eigenvalue weighted by atomic mass is 9.54. The van der Waals surface area contributed by atoms with E-state index >= 15 is 0 Å². The van der Waals surface area contributed by atoms with Crippen molar-refractivity contribution in [2.75, 3.05) is 26.1 Å². The highest BCUT2D eigenvalue weighted by atomic mass is 127. The SMILES string of the molecule is COc1ccc(NC(N)=NC2C3CCOC3C23CCCC3)cc1OC.I. The van der Waals surface area contributed by atoms with Crippen LogP contribution in [0.25, 0.3) is 0 Å². The summed E-state index contributed by atoms with van der Waals surface area (Å²) in [6, 6.07) is 5.93. The van der Waals surface area contributed by atoms with Gasteiger partial charge in [-0.2, -0.15) is 0 Å². The van der Waals surface area contributed by atoms with Crippen LogP contribution < -0.4 is 20.5 Å². The Morgan fingerprint density at radius 2 is 1.96 bits per heavy atom. The topological polar surface area (TPSA) is 78.1 Å². The predicted molar refractivity (Wildman–Crippen MR) is 113 cm³/mol. The molecule has 3 fully saturated rings. The van der Waals surface area contributed by atoms with Crippen molar-refractivity contribution in [3.63, 3.8) is 0 Å². The van der Waals surface area contributed by atoms with E-state index < -0.39 is 0 Å². The van der Waals surface area contributed by atoms with Gasteiger partial charge in [-0.1, -0.05) is 12.8 Å². The molecule has 0 amide bonds. The summed E-state index contributed by atoms with van der Waals surface area (Å²) in [6.45, 7) is 0.867. The van der Waals surface area contributed by atoms with E-state index in [2.05, 4.69) is 5.32 Å². The number of hydrogen-bond donors (Lipinski definition) is 2. The van der Waals surface area contributed by atoms with Gasteiger partial charge in [0.15, 0.2) is 17.5 Å². The first-order chi connectivity index (χ1) is 12.2. The van der Waals surface area contributed by atoms with Gasteiger partial charge in [0.05, 0.1) is 26.4 Å². The number of halogens is 1. The fourth-order valence-electron chi connectivity index (χ4n) is 5.08. The molecule has 1 aliphatic heterocycles. The number of anilines is 1. The molecule has 2 aliphatic carbocycles. The molecule has 0 bridgehead atoms. The van der Waals surface area contributed by atoms with Crippen LogP contribution in [-0.2, 0) is 4.74 Å². The number of rotatable bonds is 4. The number of benzene rings is 1. The van der Waals surface area contributed by atoms with E-state index in [-0.39, 0.29) is 35.4 Å². The fourth-order valence-corrected chi connectivity index (χ4v) is 5.08. The Morgan fingerprint density at radius 3 is 2.65 bits per heavy atom. The van der Waals surface area contributed by atoms with Crippen molar-refractivity contribution in [3.8, 4) is 11.5 Å². The normalized spacial score (nSPS) is 28.8. The molecule has 3 atom stereocenters. The van der Waals surface area contributed by atoms with Crippen LogP contribution in [0.15, 0.2) is 23.2 Å². The summed E-state index contributed by atoms with van der Waals surface area (Å²) < 4.78 is 16.6. The molecule has 3 N–H and O–H groups in total. The monoisotopic (exact) mass is 473 g/mol. The molecule has 1 aromatic rings. The zero-order valence-corrected chi connectivity index (χ0v) is 17.7. The molecule has 1 saturated heterocycles. The molecule has 1 aromatic carbocycles. The molecular formula is C19H28IN3O3. The largest absolute Gasteiger partial charge is 0.493 e. The van der Waals surface area contributed by atoms with Crippen molar-refractivity contribution in [1.29, 1.82) is 0 Å². The van der Waals surface area contributed by atoms with Gasteiger partial charge in [0.1, 0.15) is 0 Å². The van der Waals surface area contributed by atoms with Gasteiger partial charge in [-0.15, -0.1) is 24.0 Å². The van der Waals surface area contributed by atoms with Gasteiger partial charge in [0.25, 0.3) is 0 Å². The second-order valence-electron chi connectivity index (χ2n) is 7.34. The summed E-state index contributed by atoms with van der Waals surface area (Å²) >= 11 is 0. The van der Waals surface area contributed by atoms with Gasteiger partial charge in [-0.3, -0.25) is 0 Å². The minimum absolute atomic E-state index is 0. The number of fused-ring (bicyclic) bond motifs is 2. The van der Waals surface area contributed by atoms with Crippen molar-refractivity contribution in [3.05, 3.63) is 18.2 Å². The van der Waals surface area contributed by atoms with E-state index in [1.54, 1.807) is 14.2 Å². The summed E-state index contributed by atoms with van der Waals surface area (Å²) in [5.41, 5.74) is 7.31. The molecule has 3 aliphatic rings. The van der Waals surface area contributed by atoms with Crippen molar-refractivity contribution >= 4 is 35.6 Å². The number of nitrogens with one attached hydrogen (secondary N) is 1. The first-order valence-electron chi connectivity index (χ1n) is 9.12. The minimum atomic E-state index is 0. The highest BCUT2D eigenvalue weighted by molar-refractivity contribution is 14.0. The summed E-state index contributed by atoms with van der Waals surface area (Å²) in [6.07, 6.45) is 6.49. The zero-order valence-electron chi connectivity index (χ0n) is 15.4. The second-order valence-corrected chi connectivity index (χ2v) is 7.34. The number of nitrogens with zero attached hydrogens (tertiary/aromatic N) is 1. The lowest BCUT2D eigenvalue weighted by Gasteiger charge is -2.54. The Bertz CT molecular complexity index is 676. The van der Waals surface area contributed by atoms with Crippen LogP contribution in [0.4, 0.5) is 5.69 Å². The third kappa shape index (κ3) is 3.13. The quantitative estimate of drug-likeness (QED) is 0.398. The molecule has 7 heteroatoms. The predicted octanol–water partition coefficient (Wildman–Crippen LogP) is 3.40. The van der Waals surface area contributed by atoms with Crippen LogP contribution in [0, 0.1) is 11.3 Å². The summed E-state index contributed by atoms with van der Waals surface area (Å²) in [4.78, 5) is 4.88. The van der Waals surface area contributed by atoms with Gasteiger partial charge in [0, 0.05) is 29.7 Å². The van der Waals surface area contributed by atoms with E-state index in [1.165, 1.54) is 25.7 Å². The Hall–Kier alpha value is -1.22. The van der Waals surface area contributed by atoms with Crippen LogP contribution in [-0.4, -0.2) is 38.9 Å². The summed E-state index contributed by atoms with van der Waals surface area (Å²) in [5, 5.41) is 3.20. The van der Waals surface area contributed by atoms with Crippen molar-refractivity contribution < 1.29 is 14.2 Å². The molecule has 0 radical (unpaired) electrons. The lowest BCUT2D eigenvalue weighted by molar-refractivity contribution is -0.117. The summed E-state index contributed by atoms with van der Waals surface area (Å²) in [7, 11) is 3.25. The van der Waals surface area contributed by atoms with Gasteiger partial charge in [0.2, 0.25) is 0 Å². The molecule has 4 rings (SSSR count). The number of nitrogens with two attached hydrogens (primary N) is 1. The average Bonchev–Trinajstić information content (AvgIpc) is 3.28. The van der Waals surface area contributed by atoms with Crippen molar-refractivity contribution in [2.45, 2.75) is 44.2 Å². The lowest BCUT2D eigenvalue weighted by Crippen LogP contribution is -2.61. The second kappa shape index (κ2) is 7.80. The third-order valence-electron chi connectivity index (χ3n) is 6.17. The molecule has 3 unspecified atom stereocenters. The number of methoxy groups -OCH3 is 2. The Labute approximate surface area is 171 Å². The zero-order chi connectivity index (χ0) is 17.4. The number of aliphatic imine (C=N–C) groups is 1. The van der Waals surface area contributed by atoms with Crippen LogP contribution in [0.1, 0.15) is 32.1 Å². The fraction of sp³-hybridized carbons (Fsp3) is 0.632. The maximum absolute atomic E-state index is 6.24.